The van der Waals surface area contributed by atoms with E-state index in [1.54, 1.807) is 12.1 Å². The SMILES string of the molecule is CCC(C)N(C)CCNCC(O)c1ccc(Cl)cc1. The molecule has 2 N–H and O–H groups in total. The molecule has 0 radical (unpaired) electrons. The predicted octanol–water partition coefficient (Wildman–Crippen LogP) is 2.69. The minimum Gasteiger partial charge on any atom is -0.387 e. The van der Waals surface area contributed by atoms with E-state index in [4.69, 9.17) is 11.6 Å². The van der Waals surface area contributed by atoms with Crippen molar-refractivity contribution >= 4 is 11.6 Å². The van der Waals surface area contributed by atoms with Gasteiger partial charge in [0.05, 0.1) is 6.10 Å². The maximum Gasteiger partial charge on any atom is 0.0914 e. The van der Waals surface area contributed by atoms with E-state index in [-0.39, 0.29) is 0 Å². The number of hydrogen-bond donors (Lipinski definition) is 2. The Kier molecular flexibility index (Phi) is 7.39. The summed E-state index contributed by atoms with van der Waals surface area (Å²) in [5.41, 5.74) is 0.896. The smallest absolute Gasteiger partial charge is 0.0914 e. The quantitative estimate of drug-likeness (QED) is 0.721. The van der Waals surface area contributed by atoms with Gasteiger partial charge in [-0.25, -0.2) is 0 Å². The minimum absolute atomic E-state index is 0.480. The van der Waals surface area contributed by atoms with Crippen molar-refractivity contribution < 1.29 is 5.11 Å². The van der Waals surface area contributed by atoms with E-state index in [0.717, 1.165) is 25.1 Å². The van der Waals surface area contributed by atoms with Crippen LogP contribution in [0, 0.1) is 0 Å². The Morgan fingerprint density at radius 1 is 1.32 bits per heavy atom. The zero-order valence-electron chi connectivity index (χ0n) is 12.1. The van der Waals surface area contributed by atoms with Crippen LogP contribution >= 0.6 is 11.6 Å². The number of likely N-dealkylation sites (N-methyl/N-ethyl adjacent to an activating group) is 1. The van der Waals surface area contributed by atoms with Crippen molar-refractivity contribution in [3.63, 3.8) is 0 Å². The fourth-order valence-corrected chi connectivity index (χ4v) is 1.96. The van der Waals surface area contributed by atoms with Gasteiger partial charge < -0.3 is 15.3 Å². The van der Waals surface area contributed by atoms with Crippen LogP contribution in [0.5, 0.6) is 0 Å². The molecule has 0 aromatic heterocycles. The van der Waals surface area contributed by atoms with Crippen LogP contribution in [0.1, 0.15) is 31.9 Å². The molecule has 1 rings (SSSR count). The molecule has 4 heteroatoms. The van der Waals surface area contributed by atoms with Gasteiger partial charge in [0.1, 0.15) is 0 Å². The van der Waals surface area contributed by atoms with E-state index < -0.39 is 6.10 Å². The number of nitrogens with zero attached hydrogens (tertiary/aromatic N) is 1. The molecule has 0 aliphatic carbocycles. The Morgan fingerprint density at radius 3 is 2.53 bits per heavy atom. The molecule has 2 unspecified atom stereocenters. The summed E-state index contributed by atoms with van der Waals surface area (Å²) in [6.45, 7) is 6.85. The summed E-state index contributed by atoms with van der Waals surface area (Å²) in [6, 6.07) is 7.93. The van der Waals surface area contributed by atoms with Crippen LogP contribution in [0.15, 0.2) is 24.3 Å². The highest BCUT2D eigenvalue weighted by molar-refractivity contribution is 6.30. The van der Waals surface area contributed by atoms with Crippen molar-refractivity contribution in [2.24, 2.45) is 0 Å². The second-order valence-corrected chi connectivity index (χ2v) is 5.45. The van der Waals surface area contributed by atoms with E-state index in [1.165, 1.54) is 0 Å². The lowest BCUT2D eigenvalue weighted by atomic mass is 10.1. The second-order valence-electron chi connectivity index (χ2n) is 5.01. The van der Waals surface area contributed by atoms with Crippen LogP contribution in [0.2, 0.25) is 5.02 Å². The lowest BCUT2D eigenvalue weighted by molar-refractivity contribution is 0.171. The number of rotatable bonds is 8. The maximum atomic E-state index is 10.0. The number of nitrogens with one attached hydrogen (secondary N) is 1. The Bertz CT molecular complexity index is 356. The van der Waals surface area contributed by atoms with Crippen LogP contribution in [0.3, 0.4) is 0 Å². The average Bonchev–Trinajstić information content (AvgIpc) is 2.42. The molecule has 0 bridgehead atoms. The van der Waals surface area contributed by atoms with E-state index in [2.05, 4.69) is 31.1 Å². The van der Waals surface area contributed by atoms with Gasteiger partial charge in [-0.05, 0) is 38.1 Å². The largest absolute Gasteiger partial charge is 0.387 e. The van der Waals surface area contributed by atoms with Gasteiger partial charge in [-0.1, -0.05) is 30.7 Å². The van der Waals surface area contributed by atoms with E-state index in [1.807, 2.05) is 12.1 Å². The highest BCUT2D eigenvalue weighted by Gasteiger charge is 2.08. The van der Waals surface area contributed by atoms with E-state index >= 15 is 0 Å². The number of aliphatic hydroxyl groups excluding tert-OH is 1. The third kappa shape index (κ3) is 5.91. The fraction of sp³-hybridized carbons (Fsp3) is 0.600. The van der Waals surface area contributed by atoms with Crippen LogP contribution in [-0.2, 0) is 0 Å². The summed E-state index contributed by atoms with van der Waals surface area (Å²) < 4.78 is 0. The number of aliphatic hydroxyl groups is 1. The number of hydrogen-bond acceptors (Lipinski definition) is 3. The first-order valence-corrected chi connectivity index (χ1v) is 7.26. The Balaban J connectivity index is 2.24. The van der Waals surface area contributed by atoms with Crippen molar-refractivity contribution in [2.75, 3.05) is 26.7 Å². The Labute approximate surface area is 121 Å². The van der Waals surface area contributed by atoms with Gasteiger partial charge in [0, 0.05) is 30.7 Å². The average molecular weight is 285 g/mol. The van der Waals surface area contributed by atoms with Crippen LogP contribution < -0.4 is 5.32 Å². The van der Waals surface area contributed by atoms with E-state index in [9.17, 15) is 5.11 Å². The summed E-state index contributed by atoms with van der Waals surface area (Å²) in [5, 5.41) is 14.0. The molecule has 19 heavy (non-hydrogen) atoms. The third-order valence-corrected chi connectivity index (χ3v) is 3.83. The molecule has 0 saturated carbocycles. The van der Waals surface area contributed by atoms with Gasteiger partial charge in [0.2, 0.25) is 0 Å². The molecule has 2 atom stereocenters. The summed E-state index contributed by atoms with van der Waals surface area (Å²) in [5.74, 6) is 0. The van der Waals surface area contributed by atoms with Gasteiger partial charge in [-0.3, -0.25) is 0 Å². The minimum atomic E-state index is -0.480. The predicted molar refractivity (Wildman–Crippen MR) is 81.7 cm³/mol. The third-order valence-electron chi connectivity index (χ3n) is 3.58. The molecule has 0 aliphatic rings. The van der Waals surface area contributed by atoms with Gasteiger partial charge in [-0.15, -0.1) is 0 Å². The molecule has 0 spiro atoms. The molecule has 0 fully saturated rings. The Hall–Kier alpha value is -0.610. The van der Waals surface area contributed by atoms with Gasteiger partial charge in [0.15, 0.2) is 0 Å². The van der Waals surface area contributed by atoms with Gasteiger partial charge >= 0.3 is 0 Å². The molecule has 0 saturated heterocycles. The lowest BCUT2D eigenvalue weighted by Gasteiger charge is -2.23. The summed E-state index contributed by atoms with van der Waals surface area (Å²) in [6.07, 6.45) is 0.676. The van der Waals surface area contributed by atoms with Crippen LogP contribution in [0.4, 0.5) is 0 Å². The fourth-order valence-electron chi connectivity index (χ4n) is 1.83. The zero-order valence-corrected chi connectivity index (χ0v) is 12.8. The second kappa shape index (κ2) is 8.54. The molecular formula is C15H25ClN2O. The molecular weight excluding hydrogens is 260 g/mol. The lowest BCUT2D eigenvalue weighted by Crippen LogP contribution is -2.36. The van der Waals surface area contributed by atoms with Crippen LogP contribution in [0.25, 0.3) is 0 Å². The van der Waals surface area contributed by atoms with Gasteiger partial charge in [0.25, 0.3) is 0 Å². The first-order chi connectivity index (χ1) is 9.04. The normalized spacial score (nSPS) is 14.6. The van der Waals surface area contributed by atoms with Crippen molar-refractivity contribution in [1.82, 2.24) is 10.2 Å². The summed E-state index contributed by atoms with van der Waals surface area (Å²) in [7, 11) is 2.13. The van der Waals surface area contributed by atoms with Crippen molar-refractivity contribution in [3.05, 3.63) is 34.9 Å². The molecule has 0 aliphatic heterocycles. The van der Waals surface area contributed by atoms with Crippen molar-refractivity contribution in [3.8, 4) is 0 Å². The molecule has 0 heterocycles. The first kappa shape index (κ1) is 16.4. The highest BCUT2D eigenvalue weighted by Crippen LogP contribution is 2.15. The zero-order chi connectivity index (χ0) is 14.3. The summed E-state index contributed by atoms with van der Waals surface area (Å²) >= 11 is 5.82. The van der Waals surface area contributed by atoms with Crippen molar-refractivity contribution in [2.45, 2.75) is 32.4 Å². The Morgan fingerprint density at radius 2 is 1.95 bits per heavy atom. The maximum absolute atomic E-state index is 10.0. The standard InChI is InChI=1S/C15H25ClN2O/c1-4-12(2)18(3)10-9-17-11-15(19)13-5-7-14(16)8-6-13/h5-8,12,15,17,19H,4,9-11H2,1-3H3. The highest BCUT2D eigenvalue weighted by atomic mass is 35.5. The number of halogens is 1. The molecule has 1 aromatic rings. The molecule has 108 valence electrons. The molecule has 3 nitrogen and oxygen atoms in total. The van der Waals surface area contributed by atoms with Gasteiger partial charge in [-0.2, -0.15) is 0 Å². The number of benzene rings is 1. The molecule has 0 amide bonds. The summed E-state index contributed by atoms with van der Waals surface area (Å²) in [4.78, 5) is 2.32. The van der Waals surface area contributed by atoms with E-state index in [0.29, 0.717) is 17.6 Å². The molecule has 1 aromatic carbocycles. The van der Waals surface area contributed by atoms with Crippen molar-refractivity contribution in [1.29, 1.82) is 0 Å². The monoisotopic (exact) mass is 284 g/mol. The van der Waals surface area contributed by atoms with Crippen LogP contribution in [-0.4, -0.2) is 42.7 Å². The topological polar surface area (TPSA) is 35.5 Å². The first-order valence-electron chi connectivity index (χ1n) is 6.89.